The molecular weight excluding hydrogens is 518 g/mol. The predicted octanol–water partition coefficient (Wildman–Crippen LogP) is 2.94. The van der Waals surface area contributed by atoms with Gasteiger partial charge in [0.15, 0.2) is 11.6 Å². The molecule has 4 atom stereocenters. The van der Waals surface area contributed by atoms with Crippen molar-refractivity contribution in [3.8, 4) is 5.75 Å². The van der Waals surface area contributed by atoms with E-state index in [4.69, 9.17) is 5.11 Å². The highest BCUT2D eigenvalue weighted by Crippen LogP contribution is 2.56. The van der Waals surface area contributed by atoms with E-state index in [-0.39, 0.29) is 53.2 Å². The number of imide groups is 1. The number of Topliss-reactive ketones (excluding diaryl/α,β-unsaturated/α-hetero) is 1. The van der Waals surface area contributed by atoms with E-state index < -0.39 is 41.5 Å². The average molecular weight is 540 g/mol. The highest BCUT2D eigenvalue weighted by Gasteiger charge is 2.56. The van der Waals surface area contributed by atoms with Gasteiger partial charge in [-0.2, -0.15) is 0 Å². The molecule has 1 aromatic rings. The number of phenols is 1. The standard InChI is InChI=1S/C26H22BrNO7/c1-11-3-2-4-13(23(11)32)20-12-5-6-14-21(26(35)28(25(14)34)8-7-19(30)31)15(12)9-16-22(20)18(29)10-17(27)24(16)33/h2-5,10,14-15,20-21,32H,6-9H2,1H3,(H,30,31). The van der Waals surface area contributed by atoms with Crippen LogP contribution in [0.1, 0.15) is 36.3 Å². The van der Waals surface area contributed by atoms with Crippen LogP contribution in [0.5, 0.6) is 5.75 Å². The Morgan fingerprint density at radius 1 is 1.14 bits per heavy atom. The zero-order valence-corrected chi connectivity index (χ0v) is 20.4. The summed E-state index contributed by atoms with van der Waals surface area (Å²) in [5, 5.41) is 20.0. The minimum Gasteiger partial charge on any atom is -0.507 e. The third-order valence-corrected chi connectivity index (χ3v) is 8.14. The minimum atomic E-state index is -1.11. The molecule has 0 bridgehead atoms. The summed E-state index contributed by atoms with van der Waals surface area (Å²) < 4.78 is 0.130. The van der Waals surface area contributed by atoms with Gasteiger partial charge in [-0.25, -0.2) is 0 Å². The summed E-state index contributed by atoms with van der Waals surface area (Å²) in [5.74, 6) is -5.29. The number of ketones is 2. The number of aryl methyl sites for hydroxylation is 1. The molecule has 1 aromatic carbocycles. The van der Waals surface area contributed by atoms with Crippen LogP contribution in [0.4, 0.5) is 0 Å². The number of nitrogens with zero attached hydrogens (tertiary/aromatic N) is 1. The SMILES string of the molecule is Cc1cccc(C2C3=CCC4C(=O)N(CCC(=O)O)C(=O)C4C3CC3=C2C(=O)C=C(Br)C3=O)c1O. The van der Waals surface area contributed by atoms with Gasteiger partial charge in [-0.1, -0.05) is 29.8 Å². The van der Waals surface area contributed by atoms with E-state index >= 15 is 0 Å². The number of aromatic hydroxyl groups is 1. The van der Waals surface area contributed by atoms with Gasteiger partial charge < -0.3 is 10.2 Å². The van der Waals surface area contributed by atoms with Crippen LogP contribution in [-0.4, -0.2) is 51.0 Å². The van der Waals surface area contributed by atoms with Gasteiger partial charge in [0.2, 0.25) is 11.8 Å². The molecule has 1 fully saturated rings. The fourth-order valence-corrected chi connectivity index (χ4v) is 6.42. The van der Waals surface area contributed by atoms with Crippen molar-refractivity contribution in [2.75, 3.05) is 6.54 Å². The Kier molecular flexibility index (Phi) is 5.62. The molecule has 35 heavy (non-hydrogen) atoms. The number of para-hydroxylation sites is 1. The first kappa shape index (κ1) is 23.4. The van der Waals surface area contributed by atoms with Crippen molar-refractivity contribution in [1.29, 1.82) is 0 Å². The highest BCUT2D eigenvalue weighted by molar-refractivity contribution is 9.12. The summed E-state index contributed by atoms with van der Waals surface area (Å²) in [6.07, 6.45) is 3.13. The van der Waals surface area contributed by atoms with Crippen molar-refractivity contribution < 1.29 is 34.2 Å². The molecule has 2 amide bonds. The molecule has 0 aromatic heterocycles. The van der Waals surface area contributed by atoms with Crippen LogP contribution in [-0.2, 0) is 24.0 Å². The molecule has 1 heterocycles. The second kappa shape index (κ2) is 8.41. The van der Waals surface area contributed by atoms with Crippen molar-refractivity contribution in [1.82, 2.24) is 4.90 Å². The van der Waals surface area contributed by atoms with Gasteiger partial charge in [-0.15, -0.1) is 0 Å². The zero-order chi connectivity index (χ0) is 25.2. The summed E-state index contributed by atoms with van der Waals surface area (Å²) in [5.41, 5.74) is 2.39. The van der Waals surface area contributed by atoms with Crippen molar-refractivity contribution in [2.24, 2.45) is 17.8 Å². The maximum Gasteiger partial charge on any atom is 0.305 e. The van der Waals surface area contributed by atoms with Crippen molar-refractivity contribution in [2.45, 2.75) is 32.1 Å². The number of carbonyl (C=O) groups excluding carboxylic acids is 4. The molecule has 2 N–H and O–H groups in total. The molecule has 3 aliphatic carbocycles. The first-order valence-corrected chi connectivity index (χ1v) is 12.2. The number of allylic oxidation sites excluding steroid dienone is 6. The lowest BCUT2D eigenvalue weighted by molar-refractivity contribution is -0.142. The van der Waals surface area contributed by atoms with Crippen LogP contribution in [0, 0.1) is 24.7 Å². The maximum atomic E-state index is 13.4. The van der Waals surface area contributed by atoms with Crippen LogP contribution in [0.2, 0.25) is 0 Å². The van der Waals surface area contributed by atoms with Gasteiger partial charge in [-0.3, -0.25) is 28.9 Å². The quantitative estimate of drug-likeness (QED) is 0.341. The number of hydrogen-bond acceptors (Lipinski definition) is 6. The smallest absolute Gasteiger partial charge is 0.305 e. The predicted molar refractivity (Wildman–Crippen MR) is 126 cm³/mol. The topological polar surface area (TPSA) is 129 Å². The Balaban J connectivity index is 1.65. The van der Waals surface area contributed by atoms with Crippen molar-refractivity contribution >= 4 is 45.3 Å². The molecule has 4 aliphatic rings. The fraction of sp³-hybridized carbons (Fsp3) is 0.346. The second-order valence-corrected chi connectivity index (χ2v) is 10.2. The van der Waals surface area contributed by atoms with Crippen molar-refractivity contribution in [3.63, 3.8) is 0 Å². The van der Waals surface area contributed by atoms with E-state index in [0.29, 0.717) is 16.7 Å². The van der Waals surface area contributed by atoms with Gasteiger partial charge in [0.05, 0.1) is 22.7 Å². The Labute approximate surface area is 209 Å². The van der Waals surface area contributed by atoms with Gasteiger partial charge in [0, 0.05) is 35.2 Å². The summed E-state index contributed by atoms with van der Waals surface area (Å²) in [7, 11) is 0. The molecule has 0 radical (unpaired) electrons. The minimum absolute atomic E-state index is 0.0128. The van der Waals surface area contributed by atoms with Crippen LogP contribution in [0.25, 0.3) is 0 Å². The molecule has 9 heteroatoms. The number of hydrogen-bond donors (Lipinski definition) is 2. The molecule has 0 saturated carbocycles. The third-order valence-electron chi connectivity index (χ3n) is 7.55. The van der Waals surface area contributed by atoms with Gasteiger partial charge in [0.1, 0.15) is 5.75 Å². The zero-order valence-electron chi connectivity index (χ0n) is 18.8. The first-order valence-electron chi connectivity index (χ1n) is 11.4. The average Bonchev–Trinajstić information content (AvgIpc) is 3.06. The van der Waals surface area contributed by atoms with Crippen LogP contribution in [0.3, 0.4) is 0 Å². The molecule has 4 unspecified atom stereocenters. The molecule has 1 aliphatic heterocycles. The number of aliphatic carboxylic acids is 1. The molecule has 5 rings (SSSR count). The summed E-state index contributed by atoms with van der Waals surface area (Å²) in [6, 6.07) is 5.21. The number of benzene rings is 1. The van der Waals surface area contributed by atoms with Gasteiger partial charge in [0.25, 0.3) is 0 Å². The van der Waals surface area contributed by atoms with Crippen LogP contribution < -0.4 is 0 Å². The first-order chi connectivity index (χ1) is 16.6. The number of fused-ring (bicyclic) bond motifs is 3. The van der Waals surface area contributed by atoms with E-state index in [1.807, 2.05) is 6.08 Å². The molecular formula is C26H22BrNO7. The van der Waals surface area contributed by atoms with Gasteiger partial charge >= 0.3 is 5.97 Å². The largest absolute Gasteiger partial charge is 0.507 e. The number of likely N-dealkylation sites (tertiary alicyclic amines) is 1. The number of rotatable bonds is 4. The Hall–Kier alpha value is -3.33. The molecule has 180 valence electrons. The van der Waals surface area contributed by atoms with E-state index in [2.05, 4.69) is 15.9 Å². The van der Waals surface area contributed by atoms with Crippen LogP contribution in [0.15, 0.2) is 51.6 Å². The third kappa shape index (κ3) is 3.52. The van der Waals surface area contributed by atoms with E-state index in [1.165, 1.54) is 6.08 Å². The Morgan fingerprint density at radius 2 is 1.89 bits per heavy atom. The van der Waals surface area contributed by atoms with Gasteiger partial charge in [-0.05, 0) is 47.2 Å². The lowest BCUT2D eigenvalue weighted by Gasteiger charge is -2.42. The highest BCUT2D eigenvalue weighted by atomic mass is 79.9. The van der Waals surface area contributed by atoms with E-state index in [0.717, 1.165) is 10.5 Å². The summed E-state index contributed by atoms with van der Waals surface area (Å²) >= 11 is 3.18. The number of phenolic OH excluding ortho intramolecular Hbond substituents is 1. The molecule has 0 spiro atoms. The second-order valence-electron chi connectivity index (χ2n) is 9.38. The van der Waals surface area contributed by atoms with E-state index in [1.54, 1.807) is 25.1 Å². The number of carboxylic acids is 1. The molecule has 8 nitrogen and oxygen atoms in total. The number of carboxylic acid groups (broad SMARTS) is 1. The van der Waals surface area contributed by atoms with Crippen LogP contribution >= 0.6 is 15.9 Å². The Morgan fingerprint density at radius 3 is 2.60 bits per heavy atom. The lowest BCUT2D eigenvalue weighted by Crippen LogP contribution is -2.39. The van der Waals surface area contributed by atoms with E-state index in [9.17, 15) is 29.1 Å². The number of amides is 2. The monoisotopic (exact) mass is 539 g/mol. The van der Waals surface area contributed by atoms with Crippen molar-refractivity contribution in [3.05, 3.63) is 62.7 Å². The fourth-order valence-electron chi connectivity index (χ4n) is 5.97. The molecule has 1 saturated heterocycles. The maximum absolute atomic E-state index is 13.4. The lowest BCUT2D eigenvalue weighted by atomic mass is 9.59. The Bertz CT molecular complexity index is 1320. The number of halogens is 1. The summed E-state index contributed by atoms with van der Waals surface area (Å²) in [4.78, 5) is 64.8. The summed E-state index contributed by atoms with van der Waals surface area (Å²) in [6.45, 7) is 1.54. The number of carbonyl (C=O) groups is 5. The normalized spacial score (nSPS) is 27.9.